The summed E-state index contributed by atoms with van der Waals surface area (Å²) >= 11 is 3.19. The highest BCUT2D eigenvalue weighted by Crippen LogP contribution is 2.37. The molecule has 1 aromatic rings. The normalized spacial score (nSPS) is 17.4. The maximum absolute atomic E-state index is 13.1. The maximum Gasteiger partial charge on any atom is 0.418 e. The van der Waals surface area contributed by atoms with Gasteiger partial charge in [0.05, 0.1) is 12.2 Å². The lowest BCUT2D eigenvalue weighted by atomic mass is 10.1. The SMILES string of the molecule is FC(F)(F)c1cc(CBr)ccc1N1CCCOCC1. The topological polar surface area (TPSA) is 12.5 Å². The van der Waals surface area contributed by atoms with Crippen LogP contribution in [0.25, 0.3) is 0 Å². The van der Waals surface area contributed by atoms with Crippen LogP contribution in [0.1, 0.15) is 17.5 Å². The molecule has 1 fully saturated rings. The number of ether oxygens (including phenoxy) is 1. The Labute approximate surface area is 118 Å². The second-order valence-electron chi connectivity index (χ2n) is 4.44. The molecule has 0 amide bonds. The number of benzene rings is 1. The highest BCUT2D eigenvalue weighted by Gasteiger charge is 2.35. The molecular formula is C13H15BrF3NO. The van der Waals surface area contributed by atoms with Gasteiger partial charge < -0.3 is 9.64 Å². The van der Waals surface area contributed by atoms with Crippen LogP contribution in [0.15, 0.2) is 18.2 Å². The Morgan fingerprint density at radius 2 is 2.00 bits per heavy atom. The van der Waals surface area contributed by atoms with E-state index in [0.29, 0.717) is 37.2 Å². The van der Waals surface area contributed by atoms with Crippen molar-refractivity contribution in [1.82, 2.24) is 0 Å². The fourth-order valence-corrected chi connectivity index (χ4v) is 2.50. The van der Waals surface area contributed by atoms with Crippen LogP contribution in [0.4, 0.5) is 18.9 Å². The molecule has 106 valence electrons. The van der Waals surface area contributed by atoms with Gasteiger partial charge in [-0.15, -0.1) is 0 Å². The van der Waals surface area contributed by atoms with Gasteiger partial charge in [-0.05, 0) is 24.1 Å². The molecule has 19 heavy (non-hydrogen) atoms. The lowest BCUT2D eigenvalue weighted by Crippen LogP contribution is -2.28. The van der Waals surface area contributed by atoms with E-state index in [-0.39, 0.29) is 5.69 Å². The van der Waals surface area contributed by atoms with E-state index in [1.165, 1.54) is 6.07 Å². The Kier molecular flexibility index (Phi) is 4.73. The molecule has 2 rings (SSSR count). The summed E-state index contributed by atoms with van der Waals surface area (Å²) in [6, 6.07) is 4.51. The first kappa shape index (κ1) is 14.7. The Balaban J connectivity index is 2.37. The lowest BCUT2D eigenvalue weighted by molar-refractivity contribution is -0.137. The zero-order valence-corrected chi connectivity index (χ0v) is 11.9. The fraction of sp³-hybridized carbons (Fsp3) is 0.538. The van der Waals surface area contributed by atoms with Crippen LogP contribution in [0.3, 0.4) is 0 Å². The third kappa shape index (κ3) is 3.63. The molecule has 0 bridgehead atoms. The third-order valence-electron chi connectivity index (χ3n) is 3.08. The molecule has 1 aromatic carbocycles. The minimum absolute atomic E-state index is 0.253. The van der Waals surface area contributed by atoms with Gasteiger partial charge in [0.1, 0.15) is 0 Å². The Morgan fingerprint density at radius 3 is 2.68 bits per heavy atom. The molecule has 1 heterocycles. The van der Waals surface area contributed by atoms with Gasteiger partial charge in [0.25, 0.3) is 0 Å². The van der Waals surface area contributed by atoms with Crippen molar-refractivity contribution >= 4 is 21.6 Å². The summed E-state index contributed by atoms with van der Waals surface area (Å²) in [4.78, 5) is 1.76. The van der Waals surface area contributed by atoms with Crippen molar-refractivity contribution in [2.45, 2.75) is 17.9 Å². The second kappa shape index (κ2) is 6.13. The number of halogens is 4. The summed E-state index contributed by atoms with van der Waals surface area (Å²) in [7, 11) is 0. The van der Waals surface area contributed by atoms with Crippen molar-refractivity contribution in [2.75, 3.05) is 31.2 Å². The number of anilines is 1. The van der Waals surface area contributed by atoms with E-state index >= 15 is 0 Å². The Morgan fingerprint density at radius 1 is 1.21 bits per heavy atom. The van der Waals surface area contributed by atoms with Gasteiger partial charge in [-0.3, -0.25) is 0 Å². The maximum atomic E-state index is 13.1. The lowest BCUT2D eigenvalue weighted by Gasteiger charge is -2.26. The van der Waals surface area contributed by atoms with Gasteiger partial charge in [0, 0.05) is 30.7 Å². The smallest absolute Gasteiger partial charge is 0.380 e. The van der Waals surface area contributed by atoms with E-state index in [1.807, 2.05) is 0 Å². The third-order valence-corrected chi connectivity index (χ3v) is 3.73. The number of rotatable bonds is 2. The number of hydrogen-bond donors (Lipinski definition) is 0. The van der Waals surface area contributed by atoms with Crippen molar-refractivity contribution in [3.63, 3.8) is 0 Å². The summed E-state index contributed by atoms with van der Waals surface area (Å²) < 4.78 is 44.7. The minimum Gasteiger partial charge on any atom is -0.380 e. The van der Waals surface area contributed by atoms with Crippen LogP contribution in [0.5, 0.6) is 0 Å². The predicted molar refractivity (Wildman–Crippen MR) is 71.7 cm³/mol. The van der Waals surface area contributed by atoms with Gasteiger partial charge in [0.15, 0.2) is 0 Å². The summed E-state index contributed by atoms with van der Waals surface area (Å²) in [5.41, 5.74) is 0.316. The molecular weight excluding hydrogens is 323 g/mol. The molecule has 0 N–H and O–H groups in total. The number of nitrogens with zero attached hydrogens (tertiary/aromatic N) is 1. The molecule has 1 saturated heterocycles. The van der Waals surface area contributed by atoms with Crippen LogP contribution >= 0.6 is 15.9 Å². The second-order valence-corrected chi connectivity index (χ2v) is 5.00. The zero-order valence-electron chi connectivity index (χ0n) is 10.3. The van der Waals surface area contributed by atoms with E-state index in [0.717, 1.165) is 6.42 Å². The first-order valence-electron chi connectivity index (χ1n) is 6.11. The average Bonchev–Trinajstić information content (AvgIpc) is 2.65. The first-order chi connectivity index (χ1) is 9.02. The average molecular weight is 338 g/mol. The van der Waals surface area contributed by atoms with Crippen LogP contribution in [-0.4, -0.2) is 26.3 Å². The highest BCUT2D eigenvalue weighted by molar-refractivity contribution is 9.08. The van der Waals surface area contributed by atoms with Crippen LogP contribution in [0, 0.1) is 0 Å². The van der Waals surface area contributed by atoms with Crippen LogP contribution in [0.2, 0.25) is 0 Å². The van der Waals surface area contributed by atoms with E-state index < -0.39 is 11.7 Å². The van der Waals surface area contributed by atoms with Crippen LogP contribution < -0.4 is 4.90 Å². The van der Waals surface area contributed by atoms with E-state index in [2.05, 4.69) is 15.9 Å². The van der Waals surface area contributed by atoms with Crippen LogP contribution in [-0.2, 0) is 16.2 Å². The molecule has 0 saturated carbocycles. The largest absolute Gasteiger partial charge is 0.418 e. The molecule has 0 radical (unpaired) electrons. The number of hydrogen-bond acceptors (Lipinski definition) is 2. The predicted octanol–water partition coefficient (Wildman–Crippen LogP) is 3.83. The van der Waals surface area contributed by atoms with Gasteiger partial charge in [0.2, 0.25) is 0 Å². The summed E-state index contributed by atoms with van der Waals surface area (Å²) in [5.74, 6) is 0. The van der Waals surface area contributed by atoms with Gasteiger partial charge in [-0.25, -0.2) is 0 Å². The van der Waals surface area contributed by atoms with Crippen molar-refractivity contribution in [2.24, 2.45) is 0 Å². The van der Waals surface area contributed by atoms with Gasteiger partial charge in [-0.1, -0.05) is 22.0 Å². The molecule has 0 aliphatic carbocycles. The molecule has 0 spiro atoms. The van der Waals surface area contributed by atoms with Crippen molar-refractivity contribution in [1.29, 1.82) is 0 Å². The monoisotopic (exact) mass is 337 g/mol. The molecule has 0 aromatic heterocycles. The molecule has 0 unspecified atom stereocenters. The summed E-state index contributed by atoms with van der Waals surface area (Å²) in [6.07, 6.45) is -3.59. The van der Waals surface area contributed by atoms with Crippen molar-refractivity contribution in [3.8, 4) is 0 Å². The van der Waals surface area contributed by atoms with Crippen molar-refractivity contribution in [3.05, 3.63) is 29.3 Å². The number of alkyl halides is 4. The molecule has 6 heteroatoms. The first-order valence-corrected chi connectivity index (χ1v) is 7.23. The van der Waals surface area contributed by atoms with E-state index in [4.69, 9.17) is 4.74 Å². The molecule has 2 nitrogen and oxygen atoms in total. The minimum atomic E-state index is -4.33. The van der Waals surface area contributed by atoms with E-state index in [9.17, 15) is 13.2 Å². The zero-order chi connectivity index (χ0) is 13.9. The Bertz CT molecular complexity index is 428. The summed E-state index contributed by atoms with van der Waals surface area (Å²) in [6.45, 7) is 2.17. The summed E-state index contributed by atoms with van der Waals surface area (Å²) in [5, 5.41) is 0.416. The highest BCUT2D eigenvalue weighted by atomic mass is 79.9. The van der Waals surface area contributed by atoms with Gasteiger partial charge >= 0.3 is 6.18 Å². The molecule has 1 aliphatic rings. The quantitative estimate of drug-likeness (QED) is 0.760. The van der Waals surface area contributed by atoms with Crippen molar-refractivity contribution < 1.29 is 17.9 Å². The van der Waals surface area contributed by atoms with E-state index in [1.54, 1.807) is 17.0 Å². The fourth-order valence-electron chi connectivity index (χ4n) is 2.16. The Hall–Kier alpha value is -0.750. The molecule has 0 atom stereocenters. The standard InChI is InChI=1S/C13H15BrF3NO/c14-9-10-2-3-12(11(8-10)13(15,16)17)18-4-1-6-19-7-5-18/h2-3,8H,1,4-7,9H2. The van der Waals surface area contributed by atoms with Gasteiger partial charge in [-0.2, -0.15) is 13.2 Å². The molecule has 1 aliphatic heterocycles.